The molecule has 0 saturated heterocycles. The Hall–Kier alpha value is -2.58. The lowest BCUT2D eigenvalue weighted by Gasteiger charge is -2.10. The Labute approximate surface area is 153 Å². The van der Waals surface area contributed by atoms with Gasteiger partial charge in [-0.15, -0.1) is 10.2 Å². The van der Waals surface area contributed by atoms with Crippen LogP contribution < -0.4 is 15.8 Å². The van der Waals surface area contributed by atoms with Crippen LogP contribution in [0.4, 0.5) is 10.8 Å². The van der Waals surface area contributed by atoms with Crippen LogP contribution in [0.3, 0.4) is 0 Å². The van der Waals surface area contributed by atoms with E-state index in [0.717, 1.165) is 11.3 Å². The molecule has 2 aromatic carbocycles. The van der Waals surface area contributed by atoms with E-state index in [0.29, 0.717) is 15.2 Å². The maximum Gasteiger partial charge on any atom is 0.235 e. The fourth-order valence-corrected chi connectivity index (χ4v) is 4.10. The maximum atomic E-state index is 11.8. The van der Waals surface area contributed by atoms with E-state index in [1.807, 2.05) is 54.6 Å². The summed E-state index contributed by atoms with van der Waals surface area (Å²) in [5.41, 5.74) is 7.19. The van der Waals surface area contributed by atoms with Crippen molar-refractivity contribution in [1.29, 1.82) is 0 Å². The van der Waals surface area contributed by atoms with Gasteiger partial charge in [0, 0.05) is 0 Å². The lowest BCUT2D eigenvalue weighted by atomic mass is 10.1. The molecule has 6 nitrogen and oxygen atoms in total. The highest BCUT2D eigenvalue weighted by Crippen LogP contribution is 2.38. The zero-order valence-electron chi connectivity index (χ0n) is 13.4. The van der Waals surface area contributed by atoms with E-state index in [2.05, 4.69) is 15.5 Å². The summed E-state index contributed by atoms with van der Waals surface area (Å²) in [7, 11) is 1.61. The average Bonchev–Trinajstić information content (AvgIpc) is 3.08. The summed E-state index contributed by atoms with van der Waals surface area (Å²) in [6, 6.07) is 16.9. The topological polar surface area (TPSA) is 90.1 Å². The van der Waals surface area contributed by atoms with Gasteiger partial charge in [0.25, 0.3) is 0 Å². The minimum absolute atomic E-state index is 0.411. The molecule has 0 aliphatic carbocycles. The van der Waals surface area contributed by atoms with Gasteiger partial charge in [-0.25, -0.2) is 0 Å². The summed E-state index contributed by atoms with van der Waals surface area (Å²) < 4.78 is 5.96. The minimum atomic E-state index is -0.506. The Morgan fingerprint density at radius 2 is 1.88 bits per heavy atom. The molecule has 1 unspecified atom stereocenters. The van der Waals surface area contributed by atoms with Crippen molar-refractivity contribution in [2.75, 3.05) is 12.4 Å². The molecule has 0 radical (unpaired) electrons. The fraction of sp³-hybridized carbons (Fsp3) is 0.118. The number of carbonyl (C=O) groups is 1. The van der Waals surface area contributed by atoms with Crippen LogP contribution in [-0.2, 0) is 4.79 Å². The molecule has 0 fully saturated rings. The monoisotopic (exact) mass is 372 g/mol. The normalized spacial score (nSPS) is 11.7. The van der Waals surface area contributed by atoms with Crippen LogP contribution in [0.25, 0.3) is 0 Å². The Morgan fingerprint density at radius 1 is 1.16 bits per heavy atom. The summed E-state index contributed by atoms with van der Waals surface area (Å²) in [5, 5.41) is 11.5. The van der Waals surface area contributed by atoms with Gasteiger partial charge in [0.1, 0.15) is 11.0 Å². The summed E-state index contributed by atoms with van der Waals surface area (Å²) in [4.78, 5) is 11.8. The average molecular weight is 372 g/mol. The third kappa shape index (κ3) is 4.28. The first-order valence-corrected chi connectivity index (χ1v) is 9.11. The molecule has 3 N–H and O–H groups in total. The van der Waals surface area contributed by atoms with Crippen molar-refractivity contribution in [3.05, 3.63) is 60.2 Å². The second-order valence-corrected chi connectivity index (χ2v) is 7.34. The van der Waals surface area contributed by atoms with Crippen molar-refractivity contribution >= 4 is 39.8 Å². The lowest BCUT2D eigenvalue weighted by molar-refractivity contribution is -0.117. The molecule has 0 bridgehead atoms. The summed E-state index contributed by atoms with van der Waals surface area (Å²) >= 11 is 2.64. The van der Waals surface area contributed by atoms with E-state index in [9.17, 15) is 4.79 Å². The standard InChI is InChI=1S/C17H16N4O2S2/c1-23-13-10-6-5-9-12(13)19-16-20-21-17(25-16)24-14(15(18)22)11-7-3-2-4-8-11/h2-10,14H,1H3,(H2,18,22)(H,19,20). The Bertz CT molecular complexity index is 855. The zero-order valence-corrected chi connectivity index (χ0v) is 15.0. The number of amides is 1. The number of methoxy groups -OCH3 is 1. The van der Waals surface area contributed by atoms with Crippen LogP contribution in [0, 0.1) is 0 Å². The first kappa shape index (κ1) is 17.2. The van der Waals surface area contributed by atoms with Crippen LogP contribution in [0.5, 0.6) is 5.75 Å². The van der Waals surface area contributed by atoms with Crippen molar-refractivity contribution in [3.63, 3.8) is 0 Å². The number of primary amides is 1. The van der Waals surface area contributed by atoms with Crippen molar-refractivity contribution in [2.24, 2.45) is 5.73 Å². The summed E-state index contributed by atoms with van der Waals surface area (Å²) in [6.45, 7) is 0. The quantitative estimate of drug-likeness (QED) is 0.616. The number of nitrogens with zero attached hydrogens (tertiary/aromatic N) is 2. The minimum Gasteiger partial charge on any atom is -0.495 e. The maximum absolute atomic E-state index is 11.8. The van der Waals surface area contributed by atoms with Crippen LogP contribution in [0.2, 0.25) is 0 Å². The van der Waals surface area contributed by atoms with Crippen molar-refractivity contribution in [3.8, 4) is 5.75 Å². The van der Waals surface area contributed by atoms with Gasteiger partial charge in [-0.1, -0.05) is 65.6 Å². The molecule has 128 valence electrons. The highest BCUT2D eigenvalue weighted by Gasteiger charge is 2.21. The third-order valence-electron chi connectivity index (χ3n) is 3.33. The lowest BCUT2D eigenvalue weighted by Crippen LogP contribution is -2.18. The van der Waals surface area contributed by atoms with E-state index in [1.54, 1.807) is 7.11 Å². The molecule has 1 heterocycles. The highest BCUT2D eigenvalue weighted by atomic mass is 32.2. The van der Waals surface area contributed by atoms with E-state index < -0.39 is 11.2 Å². The number of nitrogens with two attached hydrogens (primary N) is 1. The SMILES string of the molecule is COc1ccccc1Nc1nnc(SC(C(N)=O)c2ccccc2)s1. The molecule has 25 heavy (non-hydrogen) atoms. The van der Waals surface area contributed by atoms with E-state index in [-0.39, 0.29) is 0 Å². The van der Waals surface area contributed by atoms with Gasteiger partial charge in [0.05, 0.1) is 12.8 Å². The molecule has 1 atom stereocenters. The molecule has 3 rings (SSSR count). The van der Waals surface area contributed by atoms with E-state index >= 15 is 0 Å². The Balaban J connectivity index is 1.75. The van der Waals surface area contributed by atoms with Gasteiger partial charge in [-0.2, -0.15) is 0 Å². The highest BCUT2D eigenvalue weighted by molar-refractivity contribution is 8.01. The Kier molecular flexibility index (Phi) is 5.52. The number of ether oxygens (including phenoxy) is 1. The molecular weight excluding hydrogens is 356 g/mol. The number of hydrogen-bond acceptors (Lipinski definition) is 7. The number of nitrogens with one attached hydrogen (secondary N) is 1. The number of aromatic nitrogens is 2. The molecule has 0 aliphatic heterocycles. The van der Waals surface area contributed by atoms with Crippen LogP contribution in [-0.4, -0.2) is 23.2 Å². The molecule has 0 spiro atoms. The second kappa shape index (κ2) is 8.00. The predicted octanol–water partition coefficient (Wildman–Crippen LogP) is 3.61. The first-order chi connectivity index (χ1) is 12.2. The fourth-order valence-electron chi connectivity index (χ4n) is 2.19. The van der Waals surface area contributed by atoms with Crippen molar-refractivity contribution in [1.82, 2.24) is 10.2 Å². The van der Waals surface area contributed by atoms with Crippen molar-refractivity contribution < 1.29 is 9.53 Å². The van der Waals surface area contributed by atoms with Gasteiger partial charge in [-0.05, 0) is 17.7 Å². The summed E-state index contributed by atoms with van der Waals surface area (Å²) in [5.74, 6) is 0.303. The van der Waals surface area contributed by atoms with Crippen molar-refractivity contribution in [2.45, 2.75) is 9.59 Å². The molecule has 8 heteroatoms. The summed E-state index contributed by atoms with van der Waals surface area (Å²) in [6.07, 6.45) is 0. The van der Waals surface area contributed by atoms with Gasteiger partial charge < -0.3 is 15.8 Å². The molecule has 1 aromatic heterocycles. The van der Waals surface area contributed by atoms with Gasteiger partial charge in [0.15, 0.2) is 4.34 Å². The number of anilines is 2. The first-order valence-electron chi connectivity index (χ1n) is 7.42. The van der Waals surface area contributed by atoms with Gasteiger partial charge in [-0.3, -0.25) is 4.79 Å². The molecule has 0 aliphatic rings. The number of carbonyl (C=O) groups excluding carboxylic acids is 1. The van der Waals surface area contributed by atoms with Gasteiger partial charge >= 0.3 is 0 Å². The number of rotatable bonds is 7. The molecular formula is C17H16N4O2S2. The number of para-hydroxylation sites is 2. The smallest absolute Gasteiger partial charge is 0.235 e. The third-order valence-corrected chi connectivity index (χ3v) is 5.53. The largest absolute Gasteiger partial charge is 0.495 e. The second-order valence-electron chi connectivity index (χ2n) is 5.01. The molecule has 0 saturated carbocycles. The number of benzene rings is 2. The molecule has 3 aromatic rings. The number of thioether (sulfide) groups is 1. The molecule has 1 amide bonds. The zero-order chi connectivity index (χ0) is 17.6. The number of hydrogen-bond donors (Lipinski definition) is 2. The van der Waals surface area contributed by atoms with E-state index in [1.165, 1.54) is 23.1 Å². The van der Waals surface area contributed by atoms with Crippen LogP contribution >= 0.6 is 23.1 Å². The van der Waals surface area contributed by atoms with E-state index in [4.69, 9.17) is 10.5 Å². The van der Waals surface area contributed by atoms with Crippen LogP contribution in [0.15, 0.2) is 58.9 Å². The Morgan fingerprint density at radius 3 is 2.60 bits per heavy atom. The predicted molar refractivity (Wildman–Crippen MR) is 100 cm³/mol. The van der Waals surface area contributed by atoms with Crippen LogP contribution in [0.1, 0.15) is 10.8 Å². The van der Waals surface area contributed by atoms with Gasteiger partial charge in [0.2, 0.25) is 11.0 Å².